The van der Waals surface area contributed by atoms with Crippen LogP contribution in [0, 0.1) is 18.3 Å². The van der Waals surface area contributed by atoms with Gasteiger partial charge in [0.1, 0.15) is 18.1 Å². The zero-order chi connectivity index (χ0) is 25.1. The number of aromatic amines is 1. The third-order valence-electron chi connectivity index (χ3n) is 6.00. The molecule has 1 N–H and O–H groups in total. The molecule has 0 aliphatic heterocycles. The minimum Gasteiger partial charge on any atom is -0.493 e. The van der Waals surface area contributed by atoms with E-state index >= 15 is 0 Å². The number of terminal acetylenes is 1. The fourth-order valence-electron chi connectivity index (χ4n) is 4.25. The molecule has 4 rings (SSSR count). The molecule has 192 valence electrons. The van der Waals surface area contributed by atoms with Crippen molar-refractivity contribution in [3.05, 3.63) is 41.5 Å². The Balaban J connectivity index is 0.00000361. The van der Waals surface area contributed by atoms with E-state index < -0.39 is 6.10 Å². The highest BCUT2D eigenvalue weighted by Crippen LogP contribution is 2.46. The van der Waals surface area contributed by atoms with Crippen LogP contribution in [0.2, 0.25) is 0 Å². The SMILES string of the molecule is C#CC(CC(C)C)ON=C1c2cc(OC)c(OC)cc2-c2[nH]c3ccc(OCCN(C)C)cc3c21.Cl. The first-order chi connectivity index (χ1) is 16.9. The van der Waals surface area contributed by atoms with Crippen LogP contribution in [0.4, 0.5) is 0 Å². The summed E-state index contributed by atoms with van der Waals surface area (Å²) in [7, 11) is 7.30. The van der Waals surface area contributed by atoms with Crippen molar-refractivity contribution in [1.82, 2.24) is 9.88 Å². The van der Waals surface area contributed by atoms with Gasteiger partial charge in [0.25, 0.3) is 0 Å². The lowest BCUT2D eigenvalue weighted by molar-refractivity contribution is 0.0845. The zero-order valence-electron chi connectivity index (χ0n) is 21.7. The number of halogens is 1. The molecule has 0 amide bonds. The van der Waals surface area contributed by atoms with Crippen LogP contribution in [0.15, 0.2) is 35.5 Å². The van der Waals surface area contributed by atoms with E-state index in [2.05, 4.69) is 34.8 Å². The molecule has 1 heterocycles. The number of hydrogen-bond acceptors (Lipinski definition) is 6. The second-order valence-corrected chi connectivity index (χ2v) is 9.32. The molecule has 7 nitrogen and oxygen atoms in total. The third-order valence-corrected chi connectivity index (χ3v) is 6.00. The highest BCUT2D eigenvalue weighted by Gasteiger charge is 2.32. The molecule has 0 spiro atoms. The van der Waals surface area contributed by atoms with Crippen LogP contribution in [0.5, 0.6) is 17.2 Å². The number of H-pyrrole nitrogens is 1. The number of fused-ring (bicyclic) bond motifs is 5. The number of aromatic nitrogens is 1. The number of likely N-dealkylation sites (N-methyl/N-ethyl adjacent to an activating group) is 1. The van der Waals surface area contributed by atoms with E-state index in [0.717, 1.165) is 52.0 Å². The quantitative estimate of drug-likeness (QED) is 0.230. The topological polar surface area (TPSA) is 68.3 Å². The third kappa shape index (κ3) is 5.40. The summed E-state index contributed by atoms with van der Waals surface area (Å²) in [4.78, 5) is 11.5. The van der Waals surface area contributed by atoms with E-state index in [1.807, 2.05) is 44.4 Å². The summed E-state index contributed by atoms with van der Waals surface area (Å²) >= 11 is 0. The van der Waals surface area contributed by atoms with Gasteiger partial charge in [-0.15, -0.1) is 18.8 Å². The fraction of sp³-hybridized carbons (Fsp3) is 0.393. The molecule has 1 unspecified atom stereocenters. The Hall–Kier alpha value is -3.34. The Bertz CT molecular complexity index is 1290. The minimum atomic E-state index is -0.412. The molecule has 3 aromatic rings. The number of methoxy groups -OCH3 is 2. The second-order valence-electron chi connectivity index (χ2n) is 9.32. The monoisotopic (exact) mass is 511 g/mol. The van der Waals surface area contributed by atoms with E-state index in [-0.39, 0.29) is 12.4 Å². The van der Waals surface area contributed by atoms with Gasteiger partial charge in [-0.3, -0.25) is 0 Å². The van der Waals surface area contributed by atoms with Crippen molar-refractivity contribution in [2.24, 2.45) is 11.1 Å². The van der Waals surface area contributed by atoms with Crippen LogP contribution < -0.4 is 14.2 Å². The number of hydrogen-bond donors (Lipinski definition) is 1. The molecular formula is C28H34ClN3O4. The summed E-state index contributed by atoms with van der Waals surface area (Å²) < 4.78 is 17.1. The molecule has 0 bridgehead atoms. The van der Waals surface area contributed by atoms with Gasteiger partial charge in [0.2, 0.25) is 0 Å². The Morgan fingerprint density at radius 1 is 1.06 bits per heavy atom. The highest BCUT2D eigenvalue weighted by atomic mass is 35.5. The summed E-state index contributed by atoms with van der Waals surface area (Å²) in [6.07, 6.45) is 6.04. The predicted octanol–water partition coefficient (Wildman–Crippen LogP) is 5.34. The maximum Gasteiger partial charge on any atom is 0.187 e. The largest absolute Gasteiger partial charge is 0.493 e. The van der Waals surface area contributed by atoms with Crippen LogP contribution in [-0.2, 0) is 4.84 Å². The van der Waals surface area contributed by atoms with Gasteiger partial charge >= 0.3 is 0 Å². The van der Waals surface area contributed by atoms with Crippen molar-refractivity contribution in [3.8, 4) is 40.8 Å². The van der Waals surface area contributed by atoms with Crippen LogP contribution in [0.1, 0.15) is 31.4 Å². The maximum absolute atomic E-state index is 6.01. The van der Waals surface area contributed by atoms with Crippen LogP contribution in [-0.4, -0.2) is 63.2 Å². The number of rotatable bonds is 10. The smallest absolute Gasteiger partial charge is 0.187 e. The molecule has 2 aromatic carbocycles. The summed E-state index contributed by atoms with van der Waals surface area (Å²) in [5, 5.41) is 5.61. The standard InChI is InChI=1S/C28H33N3O4.ClH/c1-8-18(13-17(2)3)35-30-28-21-16-25(33-7)24(32-6)15-20(21)27-26(28)22-14-19(9-10-23(22)29-27)34-12-11-31(4)5;/h1,9-10,14-18,29H,11-13H2,2-7H3;1H. The molecule has 0 saturated carbocycles. The van der Waals surface area contributed by atoms with E-state index in [1.54, 1.807) is 14.2 Å². The van der Waals surface area contributed by atoms with Crippen molar-refractivity contribution in [1.29, 1.82) is 0 Å². The van der Waals surface area contributed by atoms with Crippen molar-refractivity contribution >= 4 is 29.0 Å². The first-order valence-electron chi connectivity index (χ1n) is 11.8. The lowest BCUT2D eigenvalue weighted by Gasteiger charge is -2.13. The zero-order valence-corrected chi connectivity index (χ0v) is 22.5. The molecule has 36 heavy (non-hydrogen) atoms. The average molecular weight is 512 g/mol. The Morgan fingerprint density at radius 3 is 2.36 bits per heavy atom. The molecular weight excluding hydrogens is 478 g/mol. The lowest BCUT2D eigenvalue weighted by Crippen LogP contribution is -2.19. The van der Waals surface area contributed by atoms with E-state index in [9.17, 15) is 0 Å². The average Bonchev–Trinajstić information content (AvgIpc) is 3.34. The Labute approximate surface area is 219 Å². The highest BCUT2D eigenvalue weighted by molar-refractivity contribution is 6.30. The predicted molar refractivity (Wildman–Crippen MR) is 147 cm³/mol. The molecule has 1 atom stereocenters. The molecule has 1 aromatic heterocycles. The van der Waals surface area contributed by atoms with Crippen molar-refractivity contribution in [2.45, 2.75) is 26.4 Å². The number of nitrogens with one attached hydrogen (secondary N) is 1. The van der Waals surface area contributed by atoms with Crippen molar-refractivity contribution < 1.29 is 19.0 Å². The first kappa shape index (κ1) is 27.3. The van der Waals surface area contributed by atoms with Crippen LogP contribution in [0.25, 0.3) is 22.2 Å². The van der Waals surface area contributed by atoms with Crippen LogP contribution in [0.3, 0.4) is 0 Å². The molecule has 0 saturated heterocycles. The molecule has 0 fully saturated rings. The van der Waals surface area contributed by atoms with Crippen LogP contribution >= 0.6 is 12.4 Å². The van der Waals surface area contributed by atoms with E-state index in [4.69, 9.17) is 25.5 Å². The summed E-state index contributed by atoms with van der Waals surface area (Å²) in [6, 6.07) is 9.94. The number of ether oxygens (including phenoxy) is 3. The van der Waals surface area contributed by atoms with Gasteiger partial charge < -0.3 is 28.9 Å². The van der Waals surface area contributed by atoms with Gasteiger partial charge in [0.15, 0.2) is 17.6 Å². The van der Waals surface area contributed by atoms with Gasteiger partial charge in [-0.2, -0.15) is 0 Å². The normalized spacial score (nSPS) is 13.8. The minimum absolute atomic E-state index is 0. The van der Waals surface area contributed by atoms with Gasteiger partial charge in [0.05, 0.1) is 19.9 Å². The fourth-order valence-corrected chi connectivity index (χ4v) is 4.25. The van der Waals surface area contributed by atoms with Gasteiger partial charge in [-0.05, 0) is 50.3 Å². The molecule has 0 radical (unpaired) electrons. The summed E-state index contributed by atoms with van der Waals surface area (Å²) in [5.41, 5.74) is 5.45. The van der Waals surface area contributed by atoms with Crippen molar-refractivity contribution in [2.75, 3.05) is 41.5 Å². The Morgan fingerprint density at radius 2 is 1.75 bits per heavy atom. The number of nitrogens with zero attached hydrogens (tertiary/aromatic N) is 2. The second kappa shape index (κ2) is 11.6. The van der Waals surface area contributed by atoms with E-state index in [0.29, 0.717) is 29.7 Å². The van der Waals surface area contributed by atoms with Gasteiger partial charge in [0, 0.05) is 40.6 Å². The van der Waals surface area contributed by atoms with Gasteiger partial charge in [-0.25, -0.2) is 0 Å². The Kier molecular flexibility index (Phi) is 8.78. The lowest BCUT2D eigenvalue weighted by atomic mass is 10.1. The van der Waals surface area contributed by atoms with E-state index in [1.165, 1.54) is 0 Å². The molecule has 1 aliphatic rings. The molecule has 8 heteroatoms. The van der Waals surface area contributed by atoms with Gasteiger partial charge in [-0.1, -0.05) is 24.9 Å². The number of oxime groups is 1. The summed E-state index contributed by atoms with van der Waals surface area (Å²) in [6.45, 7) is 5.65. The summed E-state index contributed by atoms with van der Waals surface area (Å²) in [5.74, 6) is 5.17. The first-order valence-corrected chi connectivity index (χ1v) is 11.8. The van der Waals surface area contributed by atoms with Crippen molar-refractivity contribution in [3.63, 3.8) is 0 Å². The maximum atomic E-state index is 6.01. The molecule has 1 aliphatic carbocycles. The number of benzene rings is 2.